The lowest BCUT2D eigenvalue weighted by atomic mass is 9.75. The number of hydrogen-bond acceptors (Lipinski definition) is 1. The summed E-state index contributed by atoms with van der Waals surface area (Å²) < 4.78 is 5.28. The van der Waals surface area contributed by atoms with E-state index in [0.717, 1.165) is 38.5 Å². The highest BCUT2D eigenvalue weighted by atomic mass is 35.5. The van der Waals surface area contributed by atoms with Crippen molar-refractivity contribution in [1.29, 1.82) is 0 Å². The molecule has 0 aliphatic carbocycles. The molecule has 3 unspecified atom stereocenters. The van der Waals surface area contributed by atoms with Crippen LogP contribution in [-0.2, 0) is 4.74 Å². The van der Waals surface area contributed by atoms with Crippen LogP contribution in [0.1, 0.15) is 202 Å². The van der Waals surface area contributed by atoms with Crippen molar-refractivity contribution in [2.24, 2.45) is 16.2 Å². The van der Waals surface area contributed by atoms with Gasteiger partial charge < -0.3 is 4.74 Å². The van der Waals surface area contributed by atoms with Crippen LogP contribution < -0.4 is 0 Å². The Hall–Kier alpha value is -1.04. The zero-order chi connectivity index (χ0) is 56.5. The number of rotatable bonds is 9. The average Bonchev–Trinajstić information content (AvgIpc) is 3.22. The van der Waals surface area contributed by atoms with Crippen LogP contribution >= 0.6 is 116 Å². The summed E-state index contributed by atoms with van der Waals surface area (Å²) in [5.41, 5.74) is 6.57. The number of benzene rings is 5. The lowest BCUT2D eigenvalue weighted by Crippen LogP contribution is -2.22. The number of hydrogen-bond donors (Lipinski definition) is 0. The van der Waals surface area contributed by atoms with Crippen molar-refractivity contribution in [3.05, 3.63) is 169 Å². The molecule has 0 heterocycles. The molecule has 5 aromatic carbocycles. The highest BCUT2D eigenvalue weighted by Gasteiger charge is 2.28. The molecule has 0 N–H and O–H groups in total. The Balaban J connectivity index is 0. The lowest BCUT2D eigenvalue weighted by Gasteiger charge is -2.30. The van der Waals surface area contributed by atoms with Crippen molar-refractivity contribution in [2.45, 2.75) is 174 Å². The third-order valence-corrected chi connectivity index (χ3v) is 13.4. The molecule has 11 heteroatoms. The van der Waals surface area contributed by atoms with Gasteiger partial charge in [-0.05, 0) is 172 Å². The average molecular weight is 1190 g/mol. The van der Waals surface area contributed by atoms with Crippen LogP contribution in [0.5, 0.6) is 0 Å². The number of halogens is 10. The van der Waals surface area contributed by atoms with Gasteiger partial charge in [0.05, 0.1) is 6.61 Å². The van der Waals surface area contributed by atoms with E-state index >= 15 is 0 Å². The maximum absolute atomic E-state index is 6.02. The lowest BCUT2D eigenvalue weighted by molar-refractivity contribution is 0.132. The van der Waals surface area contributed by atoms with Gasteiger partial charge in [-0.3, -0.25) is 0 Å². The van der Waals surface area contributed by atoms with Crippen LogP contribution in [0.2, 0.25) is 50.2 Å². The van der Waals surface area contributed by atoms with Crippen LogP contribution in [0.3, 0.4) is 0 Å². The van der Waals surface area contributed by atoms with E-state index in [-0.39, 0.29) is 22.2 Å². The second kappa shape index (κ2) is 36.1. The van der Waals surface area contributed by atoms with Gasteiger partial charge in [-0.25, -0.2) is 0 Å². The summed E-state index contributed by atoms with van der Waals surface area (Å²) in [4.78, 5) is 0. The first-order valence-corrected chi connectivity index (χ1v) is 28.8. The highest BCUT2D eigenvalue weighted by molar-refractivity contribution is 6.36. The molecule has 5 aromatic rings. The topological polar surface area (TPSA) is 9.23 Å². The molecule has 0 bridgehead atoms. The van der Waals surface area contributed by atoms with Crippen molar-refractivity contribution in [3.63, 3.8) is 0 Å². The quantitative estimate of drug-likeness (QED) is 0.143. The molecule has 0 aliphatic heterocycles. The zero-order valence-corrected chi connectivity index (χ0v) is 54.4. The first-order chi connectivity index (χ1) is 33.2. The van der Waals surface area contributed by atoms with Gasteiger partial charge in [0.25, 0.3) is 0 Å². The maximum Gasteiger partial charge on any atom is 0.0536 e. The second-order valence-corrected chi connectivity index (χ2v) is 25.2. The van der Waals surface area contributed by atoms with E-state index in [1.165, 1.54) is 22.3 Å². The molecule has 0 fully saturated rings. The third kappa shape index (κ3) is 29.5. The predicted molar refractivity (Wildman–Crippen MR) is 332 cm³/mol. The molecule has 1 nitrogen and oxygen atoms in total. The minimum absolute atomic E-state index is 0.115. The Labute approximate surface area is 489 Å². The molecule has 0 spiro atoms. The summed E-state index contributed by atoms with van der Waals surface area (Å²) in [6, 6.07) is 28.6. The van der Waals surface area contributed by atoms with E-state index < -0.39 is 0 Å². The van der Waals surface area contributed by atoms with Gasteiger partial charge >= 0.3 is 0 Å². The van der Waals surface area contributed by atoms with Crippen molar-refractivity contribution in [1.82, 2.24) is 0 Å². The summed E-state index contributed by atoms with van der Waals surface area (Å²) >= 11 is 59.3. The summed E-state index contributed by atoms with van der Waals surface area (Å²) in [5.74, 6) is 2.23. The Kier molecular flexibility index (Phi) is 36.6. The van der Waals surface area contributed by atoms with E-state index in [1.807, 2.05) is 88.4 Å². The maximum atomic E-state index is 6.02. The first-order valence-electron chi connectivity index (χ1n) is 25.0. The minimum atomic E-state index is 0.115. The fraction of sp³-hybridized carbons (Fsp3) is 0.508. The predicted octanol–water partition coefficient (Wildman–Crippen LogP) is 26.1. The van der Waals surface area contributed by atoms with Gasteiger partial charge in [0.2, 0.25) is 0 Å². The van der Waals surface area contributed by atoms with Crippen molar-refractivity contribution < 1.29 is 4.74 Å². The summed E-state index contributed by atoms with van der Waals surface area (Å²) in [7, 11) is 1.71. The molecular formula is C61H86Cl10O. The van der Waals surface area contributed by atoms with Crippen LogP contribution in [0.25, 0.3) is 0 Å². The number of ether oxygens (including phenoxy) is 1. The normalized spacial score (nSPS) is 12.3. The van der Waals surface area contributed by atoms with Crippen molar-refractivity contribution in [3.8, 4) is 0 Å². The van der Waals surface area contributed by atoms with E-state index in [1.54, 1.807) is 37.4 Å². The molecular weight excluding hydrogens is 1100 g/mol. The van der Waals surface area contributed by atoms with E-state index in [0.29, 0.717) is 60.4 Å². The fourth-order valence-corrected chi connectivity index (χ4v) is 10.6. The second-order valence-electron chi connectivity index (χ2n) is 20.9. The monoisotopic (exact) mass is 1180 g/mol. The van der Waals surface area contributed by atoms with E-state index in [2.05, 4.69) is 104 Å². The van der Waals surface area contributed by atoms with Crippen LogP contribution in [-0.4, -0.2) is 13.7 Å². The van der Waals surface area contributed by atoms with Gasteiger partial charge in [-0.2, -0.15) is 0 Å². The first kappa shape index (κ1) is 73.0. The summed E-state index contributed by atoms with van der Waals surface area (Å²) in [5, 5.41) is 7.08. The standard InChI is InChI=1S/C13H18Cl2O.2C13H18Cl2.2C9H10Cl2.2C2H6/c1-13(2,3)12(8-16-4)9-5-10(14)7-11(15)6-9;2*1-5-12(13(2,3)4)9-6-10(14)8-11(15)7-9;2*1-6(2)7-3-8(10)5-9(11)4-7;2*1-2/h5-7,12H,8H2,1-4H3;2*6-8,12H,5H2,1-4H3;2*3-6H,1-2H3;2*1-2H3. The molecule has 3 atom stereocenters. The summed E-state index contributed by atoms with van der Waals surface area (Å²) in [6.07, 6.45) is 2.19. The molecule has 406 valence electrons. The zero-order valence-electron chi connectivity index (χ0n) is 46.9. The Morgan fingerprint density at radius 2 is 0.486 bits per heavy atom. The van der Waals surface area contributed by atoms with Gasteiger partial charge in [-0.1, -0.05) is 248 Å². The molecule has 72 heavy (non-hydrogen) atoms. The Morgan fingerprint density at radius 1 is 0.319 bits per heavy atom. The molecule has 0 aromatic heterocycles. The van der Waals surface area contributed by atoms with Crippen LogP contribution in [0, 0.1) is 16.2 Å². The highest BCUT2D eigenvalue weighted by Crippen LogP contribution is 2.41. The largest absolute Gasteiger partial charge is 0.384 e. The SMILES string of the molecule is CC.CC.CC(C)c1cc(Cl)cc(Cl)c1.CC(C)c1cc(Cl)cc(Cl)c1.CCC(c1cc(Cl)cc(Cl)c1)C(C)(C)C.CCC(c1cc(Cl)cc(Cl)c1)C(C)(C)C.COCC(c1cc(Cl)cc(Cl)c1)C(C)(C)C. The molecule has 0 saturated heterocycles. The van der Waals surface area contributed by atoms with Crippen molar-refractivity contribution >= 4 is 116 Å². The van der Waals surface area contributed by atoms with Gasteiger partial charge in [-0.15, -0.1) is 0 Å². The Morgan fingerprint density at radius 3 is 0.625 bits per heavy atom. The minimum Gasteiger partial charge on any atom is -0.384 e. The molecule has 0 aliphatic rings. The Bertz CT molecular complexity index is 2060. The molecule has 0 radical (unpaired) electrons. The van der Waals surface area contributed by atoms with E-state index in [4.69, 9.17) is 121 Å². The van der Waals surface area contributed by atoms with Crippen LogP contribution in [0.4, 0.5) is 0 Å². The fourth-order valence-electron chi connectivity index (χ4n) is 7.86. The van der Waals surface area contributed by atoms with Gasteiger partial charge in [0.15, 0.2) is 0 Å². The number of methoxy groups -OCH3 is 1. The molecule has 5 rings (SSSR count). The third-order valence-electron chi connectivity index (χ3n) is 11.3. The smallest absolute Gasteiger partial charge is 0.0536 e. The summed E-state index contributed by atoms with van der Waals surface area (Å²) in [6.45, 7) is 41.6. The van der Waals surface area contributed by atoms with E-state index in [9.17, 15) is 0 Å². The van der Waals surface area contributed by atoms with Gasteiger partial charge in [0.1, 0.15) is 0 Å². The molecule has 0 amide bonds. The molecule has 0 saturated carbocycles. The van der Waals surface area contributed by atoms with Crippen LogP contribution in [0.15, 0.2) is 91.0 Å². The van der Waals surface area contributed by atoms with Crippen molar-refractivity contribution in [2.75, 3.05) is 13.7 Å². The van der Waals surface area contributed by atoms with Gasteiger partial charge in [0, 0.05) is 63.3 Å².